The van der Waals surface area contributed by atoms with Gasteiger partial charge in [-0.15, -0.1) is 0 Å². The van der Waals surface area contributed by atoms with E-state index in [1.54, 1.807) is 0 Å². The molecule has 0 saturated heterocycles. The molecule has 0 aromatic rings. The maximum absolute atomic E-state index is 0. The van der Waals surface area contributed by atoms with Crippen LogP contribution in [-0.4, -0.2) is 21.9 Å². The van der Waals surface area contributed by atoms with E-state index in [2.05, 4.69) is 0 Å². The summed E-state index contributed by atoms with van der Waals surface area (Å²) in [7, 11) is 0. The van der Waals surface area contributed by atoms with E-state index in [4.69, 9.17) is 0 Å². The Labute approximate surface area is 39.9 Å². The molecule has 0 spiro atoms. The van der Waals surface area contributed by atoms with Gasteiger partial charge in [-0.05, 0) is 0 Å². The van der Waals surface area contributed by atoms with Crippen molar-refractivity contribution in [2.75, 3.05) is 0 Å². The van der Waals surface area contributed by atoms with Gasteiger partial charge in [-0.2, -0.15) is 0 Å². The number of rotatable bonds is 0. The second kappa shape index (κ2) is 381. The minimum atomic E-state index is 0. The van der Waals surface area contributed by atoms with Gasteiger partial charge in [0.15, 0.2) is 0 Å². The van der Waals surface area contributed by atoms with Gasteiger partial charge in [-0.3, -0.25) is 0 Å². The Bertz CT molecular complexity index is 3.61. The van der Waals surface area contributed by atoms with E-state index in [0.717, 1.165) is 0 Å². The van der Waals surface area contributed by atoms with Crippen LogP contribution in [0.1, 0.15) is 0 Å². The van der Waals surface area contributed by atoms with E-state index in [1.807, 2.05) is 0 Å². The molecule has 4 N–H and O–H groups in total. The largest absolute Gasteiger partial charge is 2.00 e. The van der Waals surface area contributed by atoms with Crippen molar-refractivity contribution in [3.8, 4) is 0 Å². The summed E-state index contributed by atoms with van der Waals surface area (Å²) in [6, 6.07) is 0. The predicted octanol–water partition coefficient (Wildman–Crippen LogP) is -0.710. The zero-order valence-electron chi connectivity index (χ0n) is 2.09. The van der Waals surface area contributed by atoms with Crippen molar-refractivity contribution in [3.05, 3.63) is 0 Å². The molecule has 1 radical (unpaired) electrons. The summed E-state index contributed by atoms with van der Waals surface area (Å²) >= 11 is 0. The molecule has 0 atom stereocenters. The summed E-state index contributed by atoms with van der Waals surface area (Å²) in [5, 5.41) is 0. The second-order valence-electron chi connectivity index (χ2n) is 0. The molecule has 0 aromatic heterocycles. The van der Waals surface area contributed by atoms with Gasteiger partial charge in [-0.25, -0.2) is 0 Å². The summed E-state index contributed by atoms with van der Waals surface area (Å²) in [6.07, 6.45) is 0. The average molecular weight is 132 g/mol. The summed E-state index contributed by atoms with van der Waals surface area (Å²) in [5.74, 6) is 0. The molecule has 0 amide bonds. The van der Waals surface area contributed by atoms with Crippen LogP contribution in [0.15, 0.2) is 0 Å². The van der Waals surface area contributed by atoms with Gasteiger partial charge >= 0.3 is 17.1 Å². The van der Waals surface area contributed by atoms with Gasteiger partial charge in [0.25, 0.3) is 0 Å². The van der Waals surface area contributed by atoms with E-state index < -0.39 is 0 Å². The number of hydrogen-bond donors (Lipinski definition) is 0. The van der Waals surface area contributed by atoms with Gasteiger partial charge in [0.05, 0.1) is 0 Å². The first kappa shape index (κ1) is 788. The van der Waals surface area contributed by atoms with Crippen LogP contribution >= 0.6 is 0 Å². The van der Waals surface area contributed by atoms with E-state index in [1.165, 1.54) is 0 Å². The molecule has 0 bridgehead atoms. The van der Waals surface area contributed by atoms with Crippen LogP contribution in [0.3, 0.4) is 0 Å². The standard InChI is InChI=1S/Cu.4H2O/h;4*1H2/q+2;;;;/p-4. The van der Waals surface area contributed by atoms with Gasteiger partial charge in [0, 0.05) is 0 Å². The van der Waals surface area contributed by atoms with Crippen LogP contribution in [0.2, 0.25) is 0 Å². The van der Waals surface area contributed by atoms with E-state index in [-0.39, 0.29) is 39.0 Å². The number of hydrogen-bond acceptors (Lipinski definition) is 4. The van der Waals surface area contributed by atoms with Gasteiger partial charge < -0.3 is 21.9 Å². The molecule has 0 heterocycles. The molecule has 0 aliphatic carbocycles. The summed E-state index contributed by atoms with van der Waals surface area (Å²) < 4.78 is 0. The molecule has 0 rings (SSSR count). The molecule has 0 aliphatic rings. The van der Waals surface area contributed by atoms with Crippen LogP contribution in [0.5, 0.6) is 0 Å². The van der Waals surface area contributed by atoms with E-state index in [0.29, 0.717) is 0 Å². The molecule has 5 heavy (non-hydrogen) atoms. The van der Waals surface area contributed by atoms with E-state index >= 15 is 0 Å². The minimum absolute atomic E-state index is 0. The summed E-state index contributed by atoms with van der Waals surface area (Å²) in [5.41, 5.74) is 0. The zero-order chi connectivity index (χ0) is 0. The van der Waals surface area contributed by atoms with Crippen LogP contribution in [0.25, 0.3) is 0 Å². The third-order valence-electron chi connectivity index (χ3n) is 0. The Morgan fingerprint density at radius 1 is 0.400 bits per heavy atom. The molecule has 0 saturated carbocycles. The molecular weight excluding hydrogens is 128 g/mol. The molecule has 0 fully saturated rings. The molecular formula is H4CuO4-2. The third kappa shape index (κ3) is 188. The van der Waals surface area contributed by atoms with Crippen LogP contribution in [0.4, 0.5) is 0 Å². The van der Waals surface area contributed by atoms with Gasteiger partial charge in [-0.1, -0.05) is 0 Å². The maximum Gasteiger partial charge on any atom is 2.00 e. The molecule has 0 aromatic carbocycles. The summed E-state index contributed by atoms with van der Waals surface area (Å²) in [6.45, 7) is 0. The Kier molecular flexibility index (Phi) is 60000. The molecule has 0 unspecified atom stereocenters. The average Bonchev–Trinajstić information content (AvgIpc) is 0. The first-order chi connectivity index (χ1) is 0. The van der Waals surface area contributed by atoms with Crippen molar-refractivity contribution >= 4 is 0 Å². The van der Waals surface area contributed by atoms with Gasteiger partial charge in [0.2, 0.25) is 0 Å². The molecule has 5 heteroatoms. The fourth-order valence-electron chi connectivity index (χ4n) is 0. The van der Waals surface area contributed by atoms with Crippen molar-refractivity contribution in [1.29, 1.82) is 0 Å². The van der Waals surface area contributed by atoms with Crippen molar-refractivity contribution in [2.45, 2.75) is 0 Å². The van der Waals surface area contributed by atoms with Gasteiger partial charge in [0.1, 0.15) is 0 Å². The van der Waals surface area contributed by atoms with E-state index in [9.17, 15) is 0 Å². The summed E-state index contributed by atoms with van der Waals surface area (Å²) in [4.78, 5) is 0. The second-order valence-corrected chi connectivity index (χ2v) is 0. The van der Waals surface area contributed by atoms with Crippen molar-refractivity contribution in [2.24, 2.45) is 0 Å². The zero-order valence-corrected chi connectivity index (χ0v) is 3.03. The monoisotopic (exact) mass is 131 g/mol. The normalized spacial score (nSPS) is 0. The van der Waals surface area contributed by atoms with Crippen LogP contribution in [-0.2, 0) is 17.1 Å². The quantitative estimate of drug-likeness (QED) is 0.403. The first-order valence-corrected chi connectivity index (χ1v) is 0. The fraction of sp³-hybridized carbons (Fsp3) is 0. The Morgan fingerprint density at radius 3 is 0.400 bits per heavy atom. The smallest absolute Gasteiger partial charge is 0.870 e. The fourth-order valence-corrected chi connectivity index (χ4v) is 0. The Balaban J connectivity index is 0. The maximum atomic E-state index is 0. The third-order valence-corrected chi connectivity index (χ3v) is 0. The predicted molar refractivity (Wildman–Crippen MR) is 7.74 cm³/mol. The SMILES string of the molecule is [Cu+2].[OH-].[OH-].[OH-].[OH-]. The first-order valence-electron chi connectivity index (χ1n) is 0. The van der Waals surface area contributed by atoms with Crippen molar-refractivity contribution < 1.29 is 39.0 Å². The van der Waals surface area contributed by atoms with Crippen molar-refractivity contribution in [1.82, 2.24) is 0 Å². The molecule has 4 nitrogen and oxygen atoms in total. The molecule has 0 aliphatic heterocycles. The Hall–Kier alpha value is 0.359. The molecule has 41 valence electrons. The topological polar surface area (TPSA) is 120 Å². The van der Waals surface area contributed by atoms with Crippen LogP contribution < -0.4 is 0 Å². The van der Waals surface area contributed by atoms with Crippen molar-refractivity contribution in [3.63, 3.8) is 0 Å². The Morgan fingerprint density at radius 2 is 0.400 bits per heavy atom. The van der Waals surface area contributed by atoms with Crippen LogP contribution in [0, 0.1) is 0 Å². The minimum Gasteiger partial charge on any atom is -0.870 e.